The maximum Gasteiger partial charge on any atom is 0.251 e. The molecule has 136 valence electrons. The number of rotatable bonds is 4. The Hall–Kier alpha value is -2.70. The number of benzene rings is 1. The van der Waals surface area contributed by atoms with Crippen molar-refractivity contribution in [3.63, 3.8) is 0 Å². The van der Waals surface area contributed by atoms with Gasteiger partial charge in [-0.3, -0.25) is 9.59 Å². The van der Waals surface area contributed by atoms with Crippen LogP contribution < -0.4 is 5.32 Å². The summed E-state index contributed by atoms with van der Waals surface area (Å²) in [5.41, 5.74) is 2.08. The molecule has 2 aromatic rings. The second kappa shape index (κ2) is 6.55. The fourth-order valence-electron chi connectivity index (χ4n) is 3.49. The highest BCUT2D eigenvalue weighted by Crippen LogP contribution is 2.28. The molecule has 7 nitrogen and oxygen atoms in total. The highest BCUT2D eigenvalue weighted by atomic mass is 16.2. The predicted molar refractivity (Wildman–Crippen MR) is 95.3 cm³/mol. The van der Waals surface area contributed by atoms with E-state index in [0.717, 1.165) is 29.8 Å². The smallest absolute Gasteiger partial charge is 0.251 e. The van der Waals surface area contributed by atoms with E-state index in [2.05, 4.69) is 15.5 Å². The van der Waals surface area contributed by atoms with E-state index in [-0.39, 0.29) is 24.3 Å². The van der Waals surface area contributed by atoms with E-state index in [0.29, 0.717) is 18.9 Å². The van der Waals surface area contributed by atoms with Gasteiger partial charge in [0, 0.05) is 19.1 Å². The molecule has 0 saturated heterocycles. The van der Waals surface area contributed by atoms with Crippen molar-refractivity contribution in [2.24, 2.45) is 0 Å². The van der Waals surface area contributed by atoms with Gasteiger partial charge < -0.3 is 14.8 Å². The Labute approximate surface area is 152 Å². The van der Waals surface area contributed by atoms with Crippen molar-refractivity contribution in [3.05, 3.63) is 47.0 Å². The zero-order valence-electron chi connectivity index (χ0n) is 15.1. The van der Waals surface area contributed by atoms with Crippen LogP contribution in [-0.2, 0) is 22.6 Å². The number of carbonyl (C=O) groups excluding carboxylic acids is 2. The number of amides is 2. The Morgan fingerprint density at radius 3 is 2.73 bits per heavy atom. The van der Waals surface area contributed by atoms with Crippen LogP contribution in [0.3, 0.4) is 0 Å². The summed E-state index contributed by atoms with van der Waals surface area (Å²) in [5, 5.41) is 11.3. The summed E-state index contributed by atoms with van der Waals surface area (Å²) in [6, 6.07) is 7.44. The van der Waals surface area contributed by atoms with Crippen LogP contribution in [0.25, 0.3) is 0 Å². The molecule has 0 spiro atoms. The summed E-state index contributed by atoms with van der Waals surface area (Å²) in [5.74, 6) is 1.12. The van der Waals surface area contributed by atoms with Gasteiger partial charge in [-0.2, -0.15) is 0 Å². The Balaban J connectivity index is 1.60. The molecule has 1 aromatic heterocycles. The molecule has 1 aromatic carbocycles. The van der Waals surface area contributed by atoms with Crippen molar-refractivity contribution < 1.29 is 9.59 Å². The molecule has 1 unspecified atom stereocenters. The van der Waals surface area contributed by atoms with E-state index < -0.39 is 6.04 Å². The zero-order valence-corrected chi connectivity index (χ0v) is 15.1. The molecule has 26 heavy (non-hydrogen) atoms. The second-order valence-electron chi connectivity index (χ2n) is 7.20. The third-order valence-corrected chi connectivity index (χ3v) is 5.02. The fourth-order valence-corrected chi connectivity index (χ4v) is 3.49. The molecule has 1 atom stereocenters. The van der Waals surface area contributed by atoms with E-state index in [9.17, 15) is 9.59 Å². The van der Waals surface area contributed by atoms with Gasteiger partial charge in [-0.25, -0.2) is 0 Å². The maximum absolute atomic E-state index is 13.0. The standard InChI is InChI=1S/C19H23N5O2/c1-12-4-3-5-14(10-12)11-16(25)24-9-8-23-13(2)21-22-18(23)17(24)19(26)20-15-6-7-15/h3-5,10,15,17H,6-9,11H2,1-2H3,(H,20,26). The molecular formula is C19H23N5O2. The minimum Gasteiger partial charge on any atom is -0.351 e. The Kier molecular flexibility index (Phi) is 4.22. The lowest BCUT2D eigenvalue weighted by molar-refractivity contribution is -0.142. The third kappa shape index (κ3) is 3.21. The van der Waals surface area contributed by atoms with Gasteiger partial charge in [-0.15, -0.1) is 10.2 Å². The van der Waals surface area contributed by atoms with Crippen LogP contribution in [0.15, 0.2) is 24.3 Å². The first-order valence-corrected chi connectivity index (χ1v) is 9.08. The molecule has 1 aliphatic carbocycles. The third-order valence-electron chi connectivity index (χ3n) is 5.02. The molecule has 4 rings (SSSR count). The van der Waals surface area contributed by atoms with Crippen LogP contribution in [0.1, 0.15) is 41.7 Å². The Morgan fingerprint density at radius 2 is 2.00 bits per heavy atom. The Bertz CT molecular complexity index is 855. The van der Waals surface area contributed by atoms with Crippen LogP contribution >= 0.6 is 0 Å². The number of aromatic nitrogens is 3. The zero-order chi connectivity index (χ0) is 18.3. The minimum atomic E-state index is -0.706. The van der Waals surface area contributed by atoms with Gasteiger partial charge in [0.25, 0.3) is 5.91 Å². The molecule has 0 bridgehead atoms. The van der Waals surface area contributed by atoms with Crippen LogP contribution in [-0.4, -0.2) is 44.1 Å². The predicted octanol–water partition coefficient (Wildman–Crippen LogP) is 1.30. The van der Waals surface area contributed by atoms with E-state index in [4.69, 9.17) is 0 Å². The van der Waals surface area contributed by atoms with Gasteiger partial charge in [-0.05, 0) is 32.3 Å². The van der Waals surface area contributed by atoms with Crippen LogP contribution in [0, 0.1) is 13.8 Å². The summed E-state index contributed by atoms with van der Waals surface area (Å²) in [4.78, 5) is 27.5. The summed E-state index contributed by atoms with van der Waals surface area (Å²) < 4.78 is 1.94. The molecule has 1 saturated carbocycles. The largest absolute Gasteiger partial charge is 0.351 e. The highest BCUT2D eigenvalue weighted by molar-refractivity contribution is 5.89. The van der Waals surface area contributed by atoms with Gasteiger partial charge in [0.2, 0.25) is 5.91 Å². The van der Waals surface area contributed by atoms with Crippen molar-refractivity contribution >= 4 is 11.8 Å². The topological polar surface area (TPSA) is 80.1 Å². The van der Waals surface area contributed by atoms with E-state index in [1.807, 2.05) is 42.7 Å². The molecule has 1 aliphatic heterocycles. The monoisotopic (exact) mass is 353 g/mol. The number of carbonyl (C=O) groups is 2. The molecular weight excluding hydrogens is 330 g/mol. The first kappa shape index (κ1) is 16.8. The number of aryl methyl sites for hydroxylation is 2. The quantitative estimate of drug-likeness (QED) is 0.898. The van der Waals surface area contributed by atoms with E-state index in [1.165, 1.54) is 0 Å². The summed E-state index contributed by atoms with van der Waals surface area (Å²) in [7, 11) is 0. The number of nitrogens with one attached hydrogen (secondary N) is 1. The number of hydrogen-bond acceptors (Lipinski definition) is 4. The Morgan fingerprint density at radius 1 is 1.19 bits per heavy atom. The van der Waals surface area contributed by atoms with Crippen molar-refractivity contribution in [2.75, 3.05) is 6.54 Å². The van der Waals surface area contributed by atoms with Crippen LogP contribution in [0.5, 0.6) is 0 Å². The fraction of sp³-hybridized carbons (Fsp3) is 0.474. The lowest BCUT2D eigenvalue weighted by Crippen LogP contribution is -2.50. The van der Waals surface area contributed by atoms with Crippen molar-refractivity contribution in [2.45, 2.75) is 51.7 Å². The maximum atomic E-state index is 13.0. The molecule has 2 amide bonds. The summed E-state index contributed by atoms with van der Waals surface area (Å²) in [6.07, 6.45) is 2.28. The average Bonchev–Trinajstić information content (AvgIpc) is 3.35. The van der Waals surface area contributed by atoms with Gasteiger partial charge in [0.05, 0.1) is 6.42 Å². The summed E-state index contributed by atoms with van der Waals surface area (Å²) >= 11 is 0. The van der Waals surface area contributed by atoms with Gasteiger partial charge in [-0.1, -0.05) is 29.8 Å². The van der Waals surface area contributed by atoms with Gasteiger partial charge >= 0.3 is 0 Å². The first-order chi connectivity index (χ1) is 12.5. The SMILES string of the molecule is Cc1cccc(CC(=O)N2CCn3c(C)nnc3C2C(=O)NC2CC2)c1. The van der Waals surface area contributed by atoms with E-state index >= 15 is 0 Å². The van der Waals surface area contributed by atoms with E-state index in [1.54, 1.807) is 4.90 Å². The highest BCUT2D eigenvalue weighted by Gasteiger charge is 2.40. The van der Waals surface area contributed by atoms with Crippen LogP contribution in [0.2, 0.25) is 0 Å². The lowest BCUT2D eigenvalue weighted by Gasteiger charge is -2.35. The first-order valence-electron chi connectivity index (χ1n) is 9.08. The van der Waals surface area contributed by atoms with Gasteiger partial charge in [0.1, 0.15) is 5.82 Å². The normalized spacial score (nSPS) is 19.2. The lowest BCUT2D eigenvalue weighted by atomic mass is 10.1. The molecule has 2 heterocycles. The molecule has 2 aliphatic rings. The van der Waals surface area contributed by atoms with Crippen molar-refractivity contribution in [3.8, 4) is 0 Å². The summed E-state index contributed by atoms with van der Waals surface area (Å²) in [6.45, 7) is 4.98. The molecule has 7 heteroatoms. The second-order valence-corrected chi connectivity index (χ2v) is 7.20. The van der Waals surface area contributed by atoms with Crippen molar-refractivity contribution in [1.82, 2.24) is 25.0 Å². The average molecular weight is 353 g/mol. The van der Waals surface area contributed by atoms with Gasteiger partial charge in [0.15, 0.2) is 11.9 Å². The van der Waals surface area contributed by atoms with Crippen molar-refractivity contribution in [1.29, 1.82) is 0 Å². The number of nitrogens with zero attached hydrogens (tertiary/aromatic N) is 4. The molecule has 1 N–H and O–H groups in total. The molecule has 0 radical (unpaired) electrons. The number of fused-ring (bicyclic) bond motifs is 1. The number of hydrogen-bond donors (Lipinski definition) is 1. The molecule has 1 fully saturated rings. The van der Waals surface area contributed by atoms with Crippen LogP contribution in [0.4, 0.5) is 0 Å². The minimum absolute atomic E-state index is 0.0570.